The van der Waals surface area contributed by atoms with Crippen LogP contribution in [0.5, 0.6) is 0 Å². The fourth-order valence-electron chi connectivity index (χ4n) is 5.92. The average molecular weight is 591 g/mol. The highest BCUT2D eigenvalue weighted by atomic mass is 35.5. The van der Waals surface area contributed by atoms with Crippen LogP contribution in [0.1, 0.15) is 88.6 Å². The van der Waals surface area contributed by atoms with Gasteiger partial charge in [-0.15, -0.1) is 0 Å². The number of nitrogens with zero attached hydrogens (tertiary/aromatic N) is 1. The summed E-state index contributed by atoms with van der Waals surface area (Å²) in [6.45, 7) is 17.7. The molecule has 2 aliphatic rings. The van der Waals surface area contributed by atoms with Crippen LogP contribution in [0.25, 0.3) is 0 Å². The largest absolute Gasteiger partial charge is 0.415 e. The molecule has 4 rings (SSSR count). The highest BCUT2D eigenvalue weighted by Gasteiger charge is 2.45. The van der Waals surface area contributed by atoms with E-state index in [0.717, 1.165) is 19.3 Å². The number of hydrogen-bond acceptors (Lipinski definition) is 3. The maximum absolute atomic E-state index is 14.0. The zero-order chi connectivity index (χ0) is 28.9. The van der Waals surface area contributed by atoms with Gasteiger partial charge in [-0.05, 0) is 104 Å². The van der Waals surface area contributed by atoms with Crippen molar-refractivity contribution in [2.75, 3.05) is 6.61 Å². The molecule has 0 saturated heterocycles. The summed E-state index contributed by atoms with van der Waals surface area (Å²) in [6, 6.07) is 11.8. The lowest BCUT2D eigenvalue weighted by Crippen LogP contribution is -2.52. The number of halogens is 2. The number of rotatable bonds is 8. The SMILES string of the molecule is C[C@H]1c2cccc(C3CC3CC(C)(C)O)c2C[C@H](CO[Si](C)(C)C(C)(C)C)N1C(=O)Cc1c(Cl)cccc1Cl. The third-order valence-corrected chi connectivity index (χ3v) is 14.4. The molecule has 1 fully saturated rings. The molecule has 7 heteroatoms. The average Bonchev–Trinajstić information content (AvgIpc) is 3.56. The first-order valence-electron chi connectivity index (χ1n) is 14.2. The predicted molar refractivity (Wildman–Crippen MR) is 164 cm³/mol. The van der Waals surface area contributed by atoms with E-state index >= 15 is 0 Å². The summed E-state index contributed by atoms with van der Waals surface area (Å²) in [6.07, 6.45) is 2.83. The third-order valence-electron chi connectivity index (χ3n) is 9.15. The first kappa shape index (κ1) is 30.6. The van der Waals surface area contributed by atoms with E-state index in [2.05, 4.69) is 59.0 Å². The quantitative estimate of drug-likeness (QED) is 0.315. The van der Waals surface area contributed by atoms with Gasteiger partial charge >= 0.3 is 0 Å². The number of carbonyl (C=O) groups is 1. The molecule has 0 radical (unpaired) electrons. The van der Waals surface area contributed by atoms with Gasteiger partial charge in [0.1, 0.15) is 0 Å². The highest BCUT2D eigenvalue weighted by Crippen LogP contribution is 2.54. The molecule has 4 atom stereocenters. The Hall–Kier alpha value is -1.37. The van der Waals surface area contributed by atoms with Gasteiger partial charge in [0.25, 0.3) is 0 Å². The Morgan fingerprint density at radius 3 is 2.23 bits per heavy atom. The summed E-state index contributed by atoms with van der Waals surface area (Å²) in [5.41, 5.74) is 3.96. The van der Waals surface area contributed by atoms with Crippen LogP contribution in [-0.4, -0.2) is 42.5 Å². The molecule has 4 nitrogen and oxygen atoms in total. The van der Waals surface area contributed by atoms with Crippen LogP contribution in [0.3, 0.4) is 0 Å². The van der Waals surface area contributed by atoms with E-state index in [-0.39, 0.29) is 29.4 Å². The minimum absolute atomic E-state index is 0.0173. The Kier molecular flexibility index (Phi) is 8.73. The number of benzene rings is 2. The van der Waals surface area contributed by atoms with Crippen molar-refractivity contribution in [3.8, 4) is 0 Å². The zero-order valence-electron chi connectivity index (χ0n) is 24.8. The summed E-state index contributed by atoms with van der Waals surface area (Å²) in [5, 5.41) is 11.5. The Bertz CT molecular complexity index is 1200. The first-order valence-corrected chi connectivity index (χ1v) is 17.9. The first-order chi connectivity index (χ1) is 18.0. The fourth-order valence-corrected chi connectivity index (χ4v) is 7.49. The molecule has 0 spiro atoms. The smallest absolute Gasteiger partial charge is 0.227 e. The van der Waals surface area contributed by atoms with Crippen LogP contribution in [0, 0.1) is 5.92 Å². The van der Waals surface area contributed by atoms with E-state index < -0.39 is 13.9 Å². The van der Waals surface area contributed by atoms with Gasteiger partial charge in [-0.2, -0.15) is 0 Å². The van der Waals surface area contributed by atoms with E-state index in [1.165, 1.54) is 16.7 Å². The second-order valence-corrected chi connectivity index (χ2v) is 19.4. The topological polar surface area (TPSA) is 49.8 Å². The van der Waals surface area contributed by atoms with Crippen LogP contribution in [0.4, 0.5) is 0 Å². The van der Waals surface area contributed by atoms with Crippen molar-refractivity contribution in [3.05, 3.63) is 68.7 Å². The molecule has 1 heterocycles. The van der Waals surface area contributed by atoms with E-state index in [1.807, 2.05) is 18.7 Å². The van der Waals surface area contributed by atoms with Gasteiger partial charge in [0.2, 0.25) is 5.91 Å². The minimum Gasteiger partial charge on any atom is -0.415 e. The summed E-state index contributed by atoms with van der Waals surface area (Å²) in [4.78, 5) is 16.0. The summed E-state index contributed by atoms with van der Waals surface area (Å²) in [5.74, 6) is 0.976. The minimum atomic E-state index is -2.03. The lowest BCUT2D eigenvalue weighted by molar-refractivity contribution is -0.137. The van der Waals surface area contributed by atoms with Crippen molar-refractivity contribution in [2.24, 2.45) is 5.92 Å². The number of hydrogen-bond donors (Lipinski definition) is 1. The van der Waals surface area contributed by atoms with Crippen LogP contribution in [0.15, 0.2) is 36.4 Å². The molecule has 0 bridgehead atoms. The van der Waals surface area contributed by atoms with Gasteiger partial charge in [0.15, 0.2) is 8.32 Å². The molecule has 1 saturated carbocycles. The molecule has 1 N–H and O–H groups in total. The standard InChI is InChI=1S/C32H45Cl2NO3Si/c1-20-23-11-9-12-24(25-15-21(25)18-32(5,6)37)26(23)16-22(19-38-39(7,8)31(2,3)4)35(20)30(36)17-27-28(33)13-10-14-29(27)34/h9-14,20-22,25,37H,15-19H2,1-8H3/t20-,21?,22+,25?/m0/s1. The van der Waals surface area contributed by atoms with Crippen LogP contribution >= 0.6 is 23.2 Å². The van der Waals surface area contributed by atoms with Gasteiger partial charge < -0.3 is 14.4 Å². The van der Waals surface area contributed by atoms with Crippen molar-refractivity contribution in [3.63, 3.8) is 0 Å². The Labute approximate surface area is 246 Å². The van der Waals surface area contributed by atoms with Crippen LogP contribution < -0.4 is 0 Å². The number of fused-ring (bicyclic) bond motifs is 1. The normalized spacial score (nSPS) is 23.5. The Morgan fingerprint density at radius 2 is 1.64 bits per heavy atom. The fraction of sp³-hybridized carbons (Fsp3) is 0.594. The molecular weight excluding hydrogens is 545 g/mol. The molecule has 2 aromatic rings. The summed E-state index contributed by atoms with van der Waals surface area (Å²) >= 11 is 12.9. The second-order valence-electron chi connectivity index (χ2n) is 13.8. The monoisotopic (exact) mass is 589 g/mol. The molecule has 1 aliphatic carbocycles. The van der Waals surface area contributed by atoms with E-state index in [9.17, 15) is 9.90 Å². The summed E-state index contributed by atoms with van der Waals surface area (Å²) < 4.78 is 6.74. The van der Waals surface area contributed by atoms with Crippen molar-refractivity contribution in [1.29, 1.82) is 0 Å². The zero-order valence-corrected chi connectivity index (χ0v) is 27.3. The van der Waals surface area contributed by atoms with Crippen molar-refractivity contribution in [2.45, 2.75) is 109 Å². The molecule has 0 aromatic heterocycles. The number of aliphatic hydroxyl groups is 1. The summed E-state index contributed by atoms with van der Waals surface area (Å²) in [7, 11) is -2.03. The third kappa shape index (κ3) is 6.76. The lowest BCUT2D eigenvalue weighted by atomic mass is 9.83. The van der Waals surface area contributed by atoms with Gasteiger partial charge in [0, 0.05) is 10.0 Å². The van der Waals surface area contributed by atoms with Crippen molar-refractivity contribution in [1.82, 2.24) is 4.90 Å². The number of carbonyl (C=O) groups excluding carboxylic acids is 1. The highest BCUT2D eigenvalue weighted by molar-refractivity contribution is 6.74. The number of amides is 1. The van der Waals surface area contributed by atoms with Crippen molar-refractivity contribution < 1.29 is 14.3 Å². The van der Waals surface area contributed by atoms with Gasteiger partial charge in [0.05, 0.1) is 30.7 Å². The molecule has 39 heavy (non-hydrogen) atoms. The van der Waals surface area contributed by atoms with Crippen LogP contribution in [0.2, 0.25) is 28.2 Å². The molecular formula is C32H45Cl2NO3Si. The van der Waals surface area contributed by atoms with E-state index in [4.69, 9.17) is 27.6 Å². The molecule has 1 amide bonds. The van der Waals surface area contributed by atoms with Gasteiger partial charge in [-0.1, -0.05) is 68.2 Å². The Morgan fingerprint density at radius 1 is 1.05 bits per heavy atom. The molecule has 1 aliphatic heterocycles. The lowest BCUT2D eigenvalue weighted by Gasteiger charge is -2.45. The Balaban J connectivity index is 1.67. The maximum Gasteiger partial charge on any atom is 0.227 e. The van der Waals surface area contributed by atoms with E-state index in [1.54, 1.807) is 18.2 Å². The van der Waals surface area contributed by atoms with E-state index in [0.29, 0.717) is 34.1 Å². The predicted octanol–water partition coefficient (Wildman–Crippen LogP) is 8.34. The molecule has 214 valence electrons. The second kappa shape index (κ2) is 11.1. The molecule has 2 aromatic carbocycles. The van der Waals surface area contributed by atoms with Gasteiger partial charge in [-0.25, -0.2) is 0 Å². The molecule has 2 unspecified atom stereocenters. The van der Waals surface area contributed by atoms with Crippen molar-refractivity contribution >= 4 is 37.4 Å². The maximum atomic E-state index is 14.0. The van der Waals surface area contributed by atoms with Crippen LogP contribution in [-0.2, 0) is 22.1 Å². The van der Waals surface area contributed by atoms with Gasteiger partial charge in [-0.3, -0.25) is 4.79 Å².